The molecule has 1 saturated heterocycles. The Morgan fingerprint density at radius 2 is 1.81 bits per heavy atom. The number of aromatic nitrogens is 1. The summed E-state index contributed by atoms with van der Waals surface area (Å²) in [4.78, 5) is 41.7. The first-order valence-electron chi connectivity index (χ1n) is 9.68. The van der Waals surface area contributed by atoms with Crippen molar-refractivity contribution in [2.45, 2.75) is 12.5 Å². The first-order chi connectivity index (χ1) is 15.0. The number of nitrogens with zero attached hydrogens (tertiary/aromatic N) is 1. The van der Waals surface area contributed by atoms with Gasteiger partial charge in [-0.3, -0.25) is 14.5 Å². The molecule has 1 atom stereocenters. The maximum absolute atomic E-state index is 12.8. The predicted octanol–water partition coefficient (Wildman–Crippen LogP) is 2.29. The molecule has 1 aliphatic heterocycles. The second kappa shape index (κ2) is 8.39. The van der Waals surface area contributed by atoms with Crippen molar-refractivity contribution in [2.75, 3.05) is 26.1 Å². The lowest BCUT2D eigenvalue weighted by Crippen LogP contribution is -2.38. The molecular weight excluding hydrogens is 400 g/mol. The van der Waals surface area contributed by atoms with E-state index in [9.17, 15) is 14.4 Å². The lowest BCUT2D eigenvalue weighted by molar-refractivity contribution is -0.130. The van der Waals surface area contributed by atoms with Gasteiger partial charge in [-0.1, -0.05) is 18.2 Å². The lowest BCUT2D eigenvalue weighted by Gasteiger charge is -2.14. The molecule has 9 heteroatoms. The monoisotopic (exact) mass is 422 g/mol. The van der Waals surface area contributed by atoms with E-state index in [-0.39, 0.29) is 0 Å². The number of anilines is 1. The van der Waals surface area contributed by atoms with Gasteiger partial charge < -0.3 is 25.1 Å². The molecule has 0 radical (unpaired) electrons. The summed E-state index contributed by atoms with van der Waals surface area (Å²) < 4.78 is 10.4. The van der Waals surface area contributed by atoms with E-state index in [1.807, 2.05) is 30.5 Å². The zero-order valence-electron chi connectivity index (χ0n) is 17.1. The fraction of sp³-hybridized carbons (Fsp3) is 0.227. The van der Waals surface area contributed by atoms with Crippen molar-refractivity contribution in [1.29, 1.82) is 0 Å². The van der Waals surface area contributed by atoms with E-state index in [1.54, 1.807) is 18.2 Å². The van der Waals surface area contributed by atoms with Gasteiger partial charge in [-0.15, -0.1) is 0 Å². The van der Waals surface area contributed by atoms with Crippen LogP contribution in [0.25, 0.3) is 10.9 Å². The van der Waals surface area contributed by atoms with Crippen LogP contribution in [-0.4, -0.2) is 54.5 Å². The molecule has 4 amide bonds. The number of carbonyl (C=O) groups is 3. The summed E-state index contributed by atoms with van der Waals surface area (Å²) in [5, 5.41) is 6.33. The van der Waals surface area contributed by atoms with Gasteiger partial charge in [-0.2, -0.15) is 0 Å². The molecule has 0 bridgehead atoms. The molecule has 0 aliphatic carbocycles. The Labute approximate surface area is 178 Å². The molecule has 31 heavy (non-hydrogen) atoms. The number of imide groups is 1. The maximum Gasteiger partial charge on any atom is 0.325 e. The van der Waals surface area contributed by atoms with Crippen LogP contribution in [0.2, 0.25) is 0 Å². The summed E-state index contributed by atoms with van der Waals surface area (Å²) in [6, 6.07) is 11.3. The molecule has 0 saturated carbocycles. The highest BCUT2D eigenvalue weighted by atomic mass is 16.5. The quantitative estimate of drug-likeness (QED) is 0.506. The van der Waals surface area contributed by atoms with E-state index in [0.717, 1.165) is 21.4 Å². The summed E-state index contributed by atoms with van der Waals surface area (Å²) in [5.41, 5.74) is 2.31. The minimum Gasteiger partial charge on any atom is -0.497 e. The maximum atomic E-state index is 12.8. The highest BCUT2D eigenvalue weighted by molar-refractivity contribution is 6.08. The van der Waals surface area contributed by atoms with Crippen LogP contribution in [0.1, 0.15) is 5.56 Å². The van der Waals surface area contributed by atoms with Crippen molar-refractivity contribution < 1.29 is 23.9 Å². The Balaban J connectivity index is 1.43. The number of fused-ring (bicyclic) bond motifs is 1. The number of amides is 4. The predicted molar refractivity (Wildman–Crippen MR) is 114 cm³/mol. The van der Waals surface area contributed by atoms with E-state index in [2.05, 4.69) is 15.6 Å². The molecule has 2 aromatic carbocycles. The normalized spacial score (nSPS) is 15.8. The lowest BCUT2D eigenvalue weighted by atomic mass is 10.1. The molecule has 3 aromatic rings. The van der Waals surface area contributed by atoms with Crippen LogP contribution in [0.15, 0.2) is 48.7 Å². The number of para-hydroxylation sites is 1. The summed E-state index contributed by atoms with van der Waals surface area (Å²) in [6.45, 7) is -0.394. The van der Waals surface area contributed by atoms with Gasteiger partial charge in [-0.05, 0) is 11.6 Å². The summed E-state index contributed by atoms with van der Waals surface area (Å²) >= 11 is 0. The number of H-pyrrole nitrogens is 1. The van der Waals surface area contributed by atoms with Gasteiger partial charge in [-0.25, -0.2) is 4.79 Å². The van der Waals surface area contributed by atoms with Gasteiger partial charge in [0.25, 0.3) is 5.91 Å². The minimum absolute atomic E-state index is 0.333. The second-order valence-electron chi connectivity index (χ2n) is 7.14. The molecule has 0 unspecified atom stereocenters. The zero-order valence-corrected chi connectivity index (χ0v) is 17.1. The Bertz CT molecular complexity index is 1130. The second-order valence-corrected chi connectivity index (χ2v) is 7.14. The van der Waals surface area contributed by atoms with Crippen LogP contribution in [0.5, 0.6) is 11.5 Å². The molecule has 1 aromatic heterocycles. The number of rotatable bonds is 7. The van der Waals surface area contributed by atoms with Crippen molar-refractivity contribution in [3.8, 4) is 11.5 Å². The van der Waals surface area contributed by atoms with Crippen LogP contribution < -0.4 is 20.1 Å². The van der Waals surface area contributed by atoms with Crippen LogP contribution in [-0.2, 0) is 16.0 Å². The average Bonchev–Trinajstić information content (AvgIpc) is 3.29. The Morgan fingerprint density at radius 3 is 2.52 bits per heavy atom. The fourth-order valence-electron chi connectivity index (χ4n) is 3.61. The van der Waals surface area contributed by atoms with Crippen molar-refractivity contribution in [3.05, 3.63) is 54.2 Å². The Morgan fingerprint density at radius 1 is 1.10 bits per heavy atom. The van der Waals surface area contributed by atoms with Gasteiger partial charge in [0, 0.05) is 47.4 Å². The topological polar surface area (TPSA) is 113 Å². The Kier molecular flexibility index (Phi) is 5.48. The standard InChI is InChI=1S/C22H22N4O5/c1-30-15-8-14(9-16(10-15)31-2)24-20(27)12-26-21(28)19(25-22(26)29)7-13-11-23-18-6-4-3-5-17(13)18/h3-6,8-11,19,23H,7,12H2,1-2H3,(H,24,27)(H,25,29)/t19-/m0/s1. The Hall–Kier alpha value is -4.01. The van der Waals surface area contributed by atoms with E-state index >= 15 is 0 Å². The number of hydrogen-bond acceptors (Lipinski definition) is 5. The van der Waals surface area contributed by atoms with Crippen molar-refractivity contribution >= 4 is 34.4 Å². The smallest absolute Gasteiger partial charge is 0.325 e. The molecule has 1 aliphatic rings. The number of hydrogen-bond donors (Lipinski definition) is 3. The van der Waals surface area contributed by atoms with Gasteiger partial charge in [0.15, 0.2) is 0 Å². The van der Waals surface area contributed by atoms with Crippen LogP contribution >= 0.6 is 0 Å². The third kappa shape index (κ3) is 4.16. The minimum atomic E-state index is -0.726. The molecule has 0 spiro atoms. The van der Waals surface area contributed by atoms with Gasteiger partial charge in [0.1, 0.15) is 24.1 Å². The third-order valence-corrected chi connectivity index (χ3v) is 5.14. The van der Waals surface area contributed by atoms with Gasteiger partial charge in [0.05, 0.1) is 14.2 Å². The van der Waals surface area contributed by atoms with Crippen LogP contribution in [0.3, 0.4) is 0 Å². The van der Waals surface area contributed by atoms with Crippen molar-refractivity contribution in [1.82, 2.24) is 15.2 Å². The average molecular weight is 422 g/mol. The van der Waals surface area contributed by atoms with E-state index < -0.39 is 30.4 Å². The number of nitrogens with one attached hydrogen (secondary N) is 3. The van der Waals surface area contributed by atoms with Gasteiger partial charge >= 0.3 is 6.03 Å². The molecule has 4 rings (SSSR count). The highest BCUT2D eigenvalue weighted by Crippen LogP contribution is 2.26. The number of aromatic amines is 1. The zero-order chi connectivity index (χ0) is 22.0. The van der Waals surface area contributed by atoms with Crippen LogP contribution in [0, 0.1) is 0 Å². The number of methoxy groups -OCH3 is 2. The first-order valence-corrected chi connectivity index (χ1v) is 9.68. The molecule has 2 heterocycles. The van der Waals surface area contributed by atoms with E-state index in [1.165, 1.54) is 14.2 Å². The van der Waals surface area contributed by atoms with Gasteiger partial charge in [0.2, 0.25) is 5.91 Å². The van der Waals surface area contributed by atoms with E-state index in [0.29, 0.717) is 23.6 Å². The van der Waals surface area contributed by atoms with Crippen molar-refractivity contribution in [3.63, 3.8) is 0 Å². The summed E-state index contributed by atoms with van der Waals surface area (Å²) in [6.07, 6.45) is 2.16. The van der Waals surface area contributed by atoms with Crippen molar-refractivity contribution in [2.24, 2.45) is 0 Å². The number of urea groups is 1. The first kappa shape index (κ1) is 20.3. The molecular formula is C22H22N4O5. The largest absolute Gasteiger partial charge is 0.497 e. The summed E-state index contributed by atoms with van der Waals surface area (Å²) in [7, 11) is 3.00. The molecule has 1 fully saturated rings. The van der Waals surface area contributed by atoms with E-state index in [4.69, 9.17) is 9.47 Å². The molecule has 9 nitrogen and oxygen atoms in total. The molecule has 160 valence electrons. The third-order valence-electron chi connectivity index (χ3n) is 5.14. The number of ether oxygens (including phenoxy) is 2. The SMILES string of the molecule is COc1cc(NC(=O)CN2C(=O)N[C@@H](Cc3c[nH]c4ccccc34)C2=O)cc(OC)c1. The number of benzene rings is 2. The fourth-order valence-corrected chi connectivity index (χ4v) is 3.61. The summed E-state index contributed by atoms with van der Waals surface area (Å²) in [5.74, 6) is 0.0621. The number of carbonyl (C=O) groups excluding carboxylic acids is 3. The molecule has 3 N–H and O–H groups in total. The highest BCUT2D eigenvalue weighted by Gasteiger charge is 2.39. The van der Waals surface area contributed by atoms with Crippen LogP contribution in [0.4, 0.5) is 10.5 Å².